The minimum absolute atomic E-state index is 0.0342. The molecule has 3 rings (SSSR count). The van der Waals surface area contributed by atoms with E-state index in [0.29, 0.717) is 25.3 Å². The van der Waals surface area contributed by atoms with Gasteiger partial charge in [-0.2, -0.15) is 13.2 Å². The summed E-state index contributed by atoms with van der Waals surface area (Å²) in [4.78, 5) is 15.0. The van der Waals surface area contributed by atoms with Crippen LogP contribution in [0.15, 0.2) is 24.3 Å². The number of carbonyl (C=O) groups is 1. The van der Waals surface area contributed by atoms with Gasteiger partial charge in [-0.15, -0.1) is 0 Å². The minimum Gasteiger partial charge on any atom is -0.390 e. The number of rotatable bonds is 5. The highest BCUT2D eigenvalue weighted by Gasteiger charge is 2.51. The summed E-state index contributed by atoms with van der Waals surface area (Å²) in [6, 6.07) is 5.26. The molecule has 1 amide bonds. The molecule has 0 radical (unpaired) electrons. The highest BCUT2D eigenvalue weighted by molar-refractivity contribution is 5.95. The summed E-state index contributed by atoms with van der Waals surface area (Å²) in [5, 5.41) is 20.5. The summed E-state index contributed by atoms with van der Waals surface area (Å²) >= 11 is 0. The van der Waals surface area contributed by atoms with Crippen LogP contribution in [0.3, 0.4) is 0 Å². The van der Waals surface area contributed by atoms with E-state index in [4.69, 9.17) is 0 Å². The predicted octanol–water partition coefficient (Wildman–Crippen LogP) is 4.39. The third-order valence-electron chi connectivity index (χ3n) is 6.71. The fourth-order valence-electron chi connectivity index (χ4n) is 4.19. The molecule has 2 saturated carbocycles. The van der Waals surface area contributed by atoms with Gasteiger partial charge in [-0.05, 0) is 69.1 Å². The number of halogens is 3. The Balaban J connectivity index is 1.76. The molecular formula is C22H30F3NO3. The van der Waals surface area contributed by atoms with Crippen LogP contribution < -0.4 is 0 Å². The van der Waals surface area contributed by atoms with Gasteiger partial charge < -0.3 is 15.1 Å². The lowest BCUT2D eigenvalue weighted by Crippen LogP contribution is -2.48. The maximum Gasteiger partial charge on any atom is 0.421 e. The van der Waals surface area contributed by atoms with Crippen LogP contribution in [-0.4, -0.2) is 44.9 Å². The number of aliphatic hydroxyl groups is 2. The third-order valence-corrected chi connectivity index (χ3v) is 6.71. The summed E-state index contributed by atoms with van der Waals surface area (Å²) in [7, 11) is 0. The third kappa shape index (κ3) is 4.31. The number of alkyl halides is 3. The van der Waals surface area contributed by atoms with Crippen LogP contribution in [0.4, 0.5) is 13.2 Å². The molecule has 0 aliphatic heterocycles. The molecule has 29 heavy (non-hydrogen) atoms. The molecule has 0 spiro atoms. The molecule has 0 saturated heterocycles. The van der Waals surface area contributed by atoms with E-state index < -0.39 is 17.4 Å². The molecule has 2 aliphatic rings. The lowest BCUT2D eigenvalue weighted by atomic mass is 9.75. The first-order valence-electron chi connectivity index (χ1n) is 10.3. The maximum atomic E-state index is 13.2. The Hall–Kier alpha value is -1.60. The Morgan fingerprint density at radius 2 is 1.55 bits per heavy atom. The van der Waals surface area contributed by atoms with Crippen molar-refractivity contribution in [2.75, 3.05) is 0 Å². The van der Waals surface area contributed by atoms with Crippen molar-refractivity contribution in [3.8, 4) is 0 Å². The van der Waals surface area contributed by atoms with E-state index in [2.05, 4.69) is 0 Å². The molecule has 0 bridgehead atoms. The average molecular weight is 413 g/mol. The van der Waals surface area contributed by atoms with Gasteiger partial charge in [0.15, 0.2) is 5.60 Å². The smallest absolute Gasteiger partial charge is 0.390 e. The number of carbonyl (C=O) groups excluding carboxylic acids is 1. The van der Waals surface area contributed by atoms with E-state index in [0.717, 1.165) is 25.7 Å². The van der Waals surface area contributed by atoms with E-state index in [1.54, 1.807) is 0 Å². The minimum atomic E-state index is -4.80. The zero-order valence-corrected chi connectivity index (χ0v) is 17.2. The Bertz CT molecular complexity index is 731. The van der Waals surface area contributed by atoms with Crippen molar-refractivity contribution in [2.45, 2.75) is 88.8 Å². The van der Waals surface area contributed by atoms with Crippen LogP contribution in [0.25, 0.3) is 0 Å². The fourth-order valence-corrected chi connectivity index (χ4v) is 4.19. The van der Waals surface area contributed by atoms with Gasteiger partial charge in [-0.25, -0.2) is 0 Å². The summed E-state index contributed by atoms with van der Waals surface area (Å²) in [5.41, 5.74) is -3.63. The first-order valence-corrected chi connectivity index (χ1v) is 10.3. The van der Waals surface area contributed by atoms with Gasteiger partial charge in [0.2, 0.25) is 0 Å². The van der Waals surface area contributed by atoms with Crippen LogP contribution in [-0.2, 0) is 5.60 Å². The Labute approximate surface area is 169 Å². The van der Waals surface area contributed by atoms with Crippen LogP contribution in [0.5, 0.6) is 0 Å². The van der Waals surface area contributed by atoms with Gasteiger partial charge in [0.1, 0.15) is 0 Å². The molecule has 162 valence electrons. The van der Waals surface area contributed by atoms with Crippen LogP contribution in [0.1, 0.15) is 75.2 Å². The van der Waals surface area contributed by atoms with Crippen molar-refractivity contribution in [3.05, 3.63) is 35.4 Å². The van der Waals surface area contributed by atoms with Gasteiger partial charge in [-0.1, -0.05) is 26.0 Å². The van der Waals surface area contributed by atoms with E-state index in [1.807, 2.05) is 18.7 Å². The van der Waals surface area contributed by atoms with Gasteiger partial charge in [0.05, 0.1) is 5.60 Å². The Morgan fingerprint density at radius 1 is 1.07 bits per heavy atom. The molecule has 1 atom stereocenters. The standard InChI is InChI=1S/C22H30F3NO3/c1-14(2)21(29)12-10-18(11-13-21)26(17-8-9-17)19(27)15-4-6-16(7-5-15)20(3,28)22(23,24)25/h4-7,14,17-18,28-29H,8-13H2,1-3H3/t18?,20-,21?/m0/s1. The Morgan fingerprint density at radius 3 is 1.97 bits per heavy atom. The zero-order valence-electron chi connectivity index (χ0n) is 17.2. The van der Waals surface area contributed by atoms with Crippen LogP contribution in [0, 0.1) is 5.92 Å². The van der Waals surface area contributed by atoms with E-state index in [9.17, 15) is 28.2 Å². The quantitative estimate of drug-likeness (QED) is 0.753. The average Bonchev–Trinajstić information content (AvgIpc) is 3.47. The van der Waals surface area contributed by atoms with Crippen LogP contribution in [0.2, 0.25) is 0 Å². The van der Waals surface area contributed by atoms with Gasteiger partial charge in [-0.3, -0.25) is 4.79 Å². The largest absolute Gasteiger partial charge is 0.421 e. The summed E-state index contributed by atoms with van der Waals surface area (Å²) in [5.74, 6) is -0.0341. The first-order chi connectivity index (χ1) is 13.4. The maximum absolute atomic E-state index is 13.2. The van der Waals surface area contributed by atoms with Gasteiger partial charge >= 0.3 is 6.18 Å². The van der Waals surface area contributed by atoms with Gasteiger partial charge in [0, 0.05) is 17.6 Å². The molecule has 0 aromatic heterocycles. The van der Waals surface area contributed by atoms with Gasteiger partial charge in [0.25, 0.3) is 5.91 Å². The lowest BCUT2D eigenvalue weighted by Gasteiger charge is -2.43. The van der Waals surface area contributed by atoms with E-state index in [1.165, 1.54) is 24.3 Å². The topological polar surface area (TPSA) is 60.8 Å². The fraction of sp³-hybridized carbons (Fsp3) is 0.682. The van der Waals surface area contributed by atoms with Crippen LogP contribution >= 0.6 is 0 Å². The molecular weight excluding hydrogens is 383 g/mol. The van der Waals surface area contributed by atoms with Crippen molar-refractivity contribution < 1.29 is 28.2 Å². The zero-order chi connectivity index (χ0) is 21.6. The highest BCUT2D eigenvalue weighted by atomic mass is 19.4. The monoisotopic (exact) mass is 413 g/mol. The normalized spacial score (nSPS) is 27.6. The highest BCUT2D eigenvalue weighted by Crippen LogP contribution is 2.41. The second-order valence-corrected chi connectivity index (χ2v) is 9.08. The molecule has 0 unspecified atom stereocenters. The van der Waals surface area contributed by atoms with Crippen molar-refractivity contribution in [1.29, 1.82) is 0 Å². The van der Waals surface area contributed by atoms with E-state index in [-0.39, 0.29) is 29.5 Å². The van der Waals surface area contributed by atoms with Crippen molar-refractivity contribution in [2.24, 2.45) is 5.92 Å². The number of benzene rings is 1. The van der Waals surface area contributed by atoms with Crippen molar-refractivity contribution in [3.63, 3.8) is 0 Å². The molecule has 2 aliphatic carbocycles. The Kier molecular flexibility index (Phi) is 5.78. The molecule has 2 fully saturated rings. The molecule has 7 heteroatoms. The molecule has 1 aromatic rings. The van der Waals surface area contributed by atoms with E-state index >= 15 is 0 Å². The number of hydrogen-bond acceptors (Lipinski definition) is 3. The second kappa shape index (κ2) is 7.58. The lowest BCUT2D eigenvalue weighted by molar-refractivity contribution is -0.258. The first kappa shape index (κ1) is 22.1. The summed E-state index contributed by atoms with van der Waals surface area (Å²) in [6.07, 6.45) is -0.225. The molecule has 4 nitrogen and oxygen atoms in total. The molecule has 1 aromatic carbocycles. The summed E-state index contributed by atoms with van der Waals surface area (Å²) in [6.45, 7) is 4.71. The second-order valence-electron chi connectivity index (χ2n) is 9.08. The number of nitrogens with zero attached hydrogens (tertiary/aromatic N) is 1. The van der Waals surface area contributed by atoms with Crippen molar-refractivity contribution >= 4 is 5.91 Å². The van der Waals surface area contributed by atoms with Crippen molar-refractivity contribution in [1.82, 2.24) is 4.90 Å². The number of amides is 1. The SMILES string of the molecule is CC(C)C1(O)CCC(N(C(=O)c2ccc([C@](C)(O)C(F)(F)F)cc2)C2CC2)CC1. The molecule has 0 heterocycles. The summed E-state index contributed by atoms with van der Waals surface area (Å²) < 4.78 is 39.1. The number of hydrogen-bond donors (Lipinski definition) is 2. The molecule has 2 N–H and O–H groups in total. The predicted molar refractivity (Wildman–Crippen MR) is 103 cm³/mol.